The molecule has 0 aliphatic heterocycles. The number of hydrogen-bond acceptors (Lipinski definition) is 4. The van der Waals surface area contributed by atoms with Gasteiger partial charge in [0.2, 0.25) is 0 Å². The molecule has 0 saturated heterocycles. The fourth-order valence-electron chi connectivity index (χ4n) is 3.85. The van der Waals surface area contributed by atoms with Crippen LogP contribution in [-0.2, 0) is 17.6 Å². The first-order chi connectivity index (χ1) is 13.7. The van der Waals surface area contributed by atoms with Gasteiger partial charge >= 0.3 is 0 Å². The topological polar surface area (TPSA) is 81.4 Å². The lowest BCUT2D eigenvalue weighted by molar-refractivity contribution is -0.122. The fourth-order valence-corrected chi connectivity index (χ4v) is 5.19. The number of fused-ring (bicyclic) bond motifs is 1. The molecule has 0 spiro atoms. The largest absolute Gasteiger partial charge is 0.481 e. The predicted octanol–water partition coefficient (Wildman–Crippen LogP) is 4.79. The van der Waals surface area contributed by atoms with E-state index >= 15 is 0 Å². The molecular weight excluding hydrogens is 384 g/mol. The van der Waals surface area contributed by atoms with Gasteiger partial charge in [0, 0.05) is 4.88 Å². The molecule has 3 rings (SSSR count). The molecule has 6 heteroatoms. The van der Waals surface area contributed by atoms with Crippen molar-refractivity contribution in [1.29, 1.82) is 0 Å². The standard InChI is InChI=1S/C23H30N2O3S/c1-5-17(28-15-9-7-6-8-10-15)21(27)25-22-19(20(24)26)16-12-11-14(23(2,3)4)13-18(16)29-22/h6-10,14,17H,5,11-13H2,1-4H3,(H2,24,26)(H,25,27)/t14-,17-/m0/s1. The Morgan fingerprint density at radius 1 is 1.28 bits per heavy atom. The van der Waals surface area contributed by atoms with E-state index in [0.29, 0.717) is 28.7 Å². The van der Waals surface area contributed by atoms with Gasteiger partial charge in [-0.25, -0.2) is 0 Å². The molecule has 2 aromatic rings. The molecule has 0 radical (unpaired) electrons. The number of amides is 2. The molecule has 2 amide bonds. The Balaban J connectivity index is 1.82. The van der Waals surface area contributed by atoms with Gasteiger partial charge in [-0.1, -0.05) is 45.9 Å². The minimum absolute atomic E-state index is 0.203. The van der Waals surface area contributed by atoms with E-state index in [0.717, 1.165) is 29.7 Å². The maximum absolute atomic E-state index is 12.9. The molecule has 0 unspecified atom stereocenters. The molecule has 5 nitrogen and oxygen atoms in total. The molecule has 3 N–H and O–H groups in total. The van der Waals surface area contributed by atoms with Crippen LogP contribution in [0.25, 0.3) is 0 Å². The Bertz CT molecular complexity index is 884. The molecule has 1 aliphatic rings. The predicted molar refractivity (Wildman–Crippen MR) is 118 cm³/mol. The number of para-hydroxylation sites is 1. The van der Waals surface area contributed by atoms with Crippen LogP contribution in [0, 0.1) is 11.3 Å². The highest BCUT2D eigenvalue weighted by molar-refractivity contribution is 7.17. The van der Waals surface area contributed by atoms with Crippen molar-refractivity contribution < 1.29 is 14.3 Å². The van der Waals surface area contributed by atoms with Crippen LogP contribution in [0.1, 0.15) is 61.3 Å². The van der Waals surface area contributed by atoms with Gasteiger partial charge in [0.1, 0.15) is 10.8 Å². The van der Waals surface area contributed by atoms with Crippen LogP contribution in [0.5, 0.6) is 5.75 Å². The van der Waals surface area contributed by atoms with Crippen LogP contribution >= 0.6 is 11.3 Å². The summed E-state index contributed by atoms with van der Waals surface area (Å²) in [5, 5.41) is 3.48. The molecule has 0 fully saturated rings. The zero-order valence-corrected chi connectivity index (χ0v) is 18.4. The molecule has 1 heterocycles. The number of ether oxygens (including phenoxy) is 1. The molecule has 1 aromatic carbocycles. The van der Waals surface area contributed by atoms with Crippen LogP contribution in [0.15, 0.2) is 30.3 Å². The average molecular weight is 415 g/mol. The Kier molecular flexibility index (Phi) is 6.32. The maximum atomic E-state index is 12.9. The van der Waals surface area contributed by atoms with Gasteiger partial charge in [-0.2, -0.15) is 0 Å². The second-order valence-corrected chi connectivity index (χ2v) is 9.80. The minimum atomic E-state index is -0.639. The van der Waals surface area contributed by atoms with E-state index in [1.807, 2.05) is 37.3 Å². The first kappa shape index (κ1) is 21.4. The van der Waals surface area contributed by atoms with E-state index in [2.05, 4.69) is 26.1 Å². The average Bonchev–Trinajstić information content (AvgIpc) is 3.03. The third-order valence-corrected chi connectivity index (χ3v) is 6.83. The number of hydrogen-bond donors (Lipinski definition) is 2. The number of rotatable bonds is 6. The van der Waals surface area contributed by atoms with Crippen molar-refractivity contribution in [2.24, 2.45) is 17.1 Å². The first-order valence-corrected chi connectivity index (χ1v) is 11.0. The van der Waals surface area contributed by atoms with E-state index in [1.54, 1.807) is 0 Å². The number of nitrogens with one attached hydrogen (secondary N) is 1. The molecule has 1 aliphatic carbocycles. The lowest BCUT2D eigenvalue weighted by Crippen LogP contribution is -2.32. The van der Waals surface area contributed by atoms with Crippen molar-refractivity contribution in [2.75, 3.05) is 5.32 Å². The third kappa shape index (κ3) is 4.81. The minimum Gasteiger partial charge on any atom is -0.481 e. The molecule has 0 saturated carbocycles. The summed E-state index contributed by atoms with van der Waals surface area (Å²) in [4.78, 5) is 26.2. The Morgan fingerprint density at radius 3 is 2.55 bits per heavy atom. The number of nitrogens with two attached hydrogens (primary N) is 1. The number of primary amides is 1. The fraction of sp³-hybridized carbons (Fsp3) is 0.478. The van der Waals surface area contributed by atoms with Crippen molar-refractivity contribution in [1.82, 2.24) is 0 Å². The highest BCUT2D eigenvalue weighted by atomic mass is 32.1. The number of carbonyl (C=O) groups is 2. The second kappa shape index (κ2) is 8.57. The van der Waals surface area contributed by atoms with Crippen LogP contribution in [-0.4, -0.2) is 17.9 Å². The molecule has 156 valence electrons. The highest BCUT2D eigenvalue weighted by Crippen LogP contribution is 2.44. The number of benzene rings is 1. The summed E-state index contributed by atoms with van der Waals surface area (Å²) in [5.41, 5.74) is 7.38. The van der Waals surface area contributed by atoms with Gasteiger partial charge in [-0.05, 0) is 54.7 Å². The van der Waals surface area contributed by atoms with Crippen LogP contribution in [0.3, 0.4) is 0 Å². The molecule has 1 aromatic heterocycles. The van der Waals surface area contributed by atoms with Crippen molar-refractivity contribution >= 4 is 28.2 Å². The summed E-state index contributed by atoms with van der Waals surface area (Å²) in [5.74, 6) is 0.444. The van der Waals surface area contributed by atoms with Crippen molar-refractivity contribution in [3.8, 4) is 5.75 Å². The SMILES string of the molecule is CC[C@H](Oc1ccccc1)C(=O)Nc1sc2c(c1C(N)=O)CC[C@H](C(C)(C)C)C2. The van der Waals surface area contributed by atoms with Crippen molar-refractivity contribution in [3.63, 3.8) is 0 Å². The maximum Gasteiger partial charge on any atom is 0.266 e. The first-order valence-electron chi connectivity index (χ1n) is 10.2. The van der Waals surface area contributed by atoms with E-state index < -0.39 is 12.0 Å². The Labute approximate surface area is 176 Å². The summed E-state index contributed by atoms with van der Waals surface area (Å²) >= 11 is 1.48. The van der Waals surface area contributed by atoms with Crippen molar-refractivity contribution in [3.05, 3.63) is 46.3 Å². The van der Waals surface area contributed by atoms with E-state index in [9.17, 15) is 9.59 Å². The zero-order chi connectivity index (χ0) is 21.2. The zero-order valence-electron chi connectivity index (χ0n) is 17.6. The molecule has 29 heavy (non-hydrogen) atoms. The highest BCUT2D eigenvalue weighted by Gasteiger charge is 2.34. The second-order valence-electron chi connectivity index (χ2n) is 8.69. The van der Waals surface area contributed by atoms with Gasteiger partial charge < -0.3 is 15.8 Å². The van der Waals surface area contributed by atoms with Gasteiger partial charge in [-0.3, -0.25) is 9.59 Å². The number of anilines is 1. The quantitative estimate of drug-likeness (QED) is 0.713. The van der Waals surface area contributed by atoms with Crippen LogP contribution in [0.4, 0.5) is 5.00 Å². The summed E-state index contributed by atoms with van der Waals surface area (Å²) in [6.45, 7) is 8.65. The summed E-state index contributed by atoms with van der Waals surface area (Å²) in [7, 11) is 0. The molecular formula is C23H30N2O3S. The lowest BCUT2D eigenvalue weighted by Gasteiger charge is -2.33. The van der Waals surface area contributed by atoms with Crippen molar-refractivity contribution in [2.45, 2.75) is 59.5 Å². The van der Waals surface area contributed by atoms with E-state index in [1.165, 1.54) is 11.3 Å². The van der Waals surface area contributed by atoms with Gasteiger partial charge in [0.15, 0.2) is 6.10 Å². The molecule has 0 bridgehead atoms. The van der Waals surface area contributed by atoms with Gasteiger partial charge in [0.05, 0.1) is 5.56 Å². The summed E-state index contributed by atoms with van der Waals surface area (Å²) < 4.78 is 5.84. The lowest BCUT2D eigenvalue weighted by atomic mass is 9.72. The van der Waals surface area contributed by atoms with E-state index in [-0.39, 0.29) is 11.3 Å². The van der Waals surface area contributed by atoms with Gasteiger partial charge in [-0.15, -0.1) is 11.3 Å². The number of thiophene rings is 1. The number of carbonyl (C=O) groups excluding carboxylic acids is 2. The van der Waals surface area contributed by atoms with E-state index in [4.69, 9.17) is 10.5 Å². The Hall–Kier alpha value is -2.34. The van der Waals surface area contributed by atoms with Gasteiger partial charge in [0.25, 0.3) is 11.8 Å². The summed E-state index contributed by atoms with van der Waals surface area (Å²) in [6.07, 6.45) is 2.63. The normalized spacial score (nSPS) is 17.3. The van der Waals surface area contributed by atoms with Crippen LogP contribution < -0.4 is 15.8 Å². The van der Waals surface area contributed by atoms with Crippen LogP contribution in [0.2, 0.25) is 0 Å². The monoisotopic (exact) mass is 414 g/mol. The smallest absolute Gasteiger partial charge is 0.266 e. The third-order valence-electron chi connectivity index (χ3n) is 5.66. The Morgan fingerprint density at radius 2 is 1.97 bits per heavy atom. The molecule has 2 atom stereocenters. The summed E-state index contributed by atoms with van der Waals surface area (Å²) in [6, 6.07) is 9.27.